The fourth-order valence-electron chi connectivity index (χ4n) is 4.14. The number of amides is 2. The Labute approximate surface area is 161 Å². The van der Waals surface area contributed by atoms with Gasteiger partial charge in [0, 0.05) is 32.1 Å². The summed E-state index contributed by atoms with van der Waals surface area (Å²) in [7, 11) is 0. The molecule has 0 aromatic heterocycles. The number of hydrogen-bond donors (Lipinski definition) is 1. The van der Waals surface area contributed by atoms with Crippen LogP contribution in [0.15, 0.2) is 30.3 Å². The number of aliphatic hydroxyl groups is 1. The van der Waals surface area contributed by atoms with Gasteiger partial charge in [-0.3, -0.25) is 4.79 Å². The van der Waals surface area contributed by atoms with Crippen molar-refractivity contribution in [2.75, 3.05) is 32.8 Å². The second kappa shape index (κ2) is 9.22. The van der Waals surface area contributed by atoms with Crippen LogP contribution in [0.1, 0.15) is 44.3 Å². The van der Waals surface area contributed by atoms with Gasteiger partial charge < -0.3 is 19.6 Å². The predicted molar refractivity (Wildman–Crippen MR) is 102 cm³/mol. The molecule has 1 aromatic carbocycles. The Morgan fingerprint density at radius 2 is 1.63 bits per heavy atom. The number of rotatable bonds is 4. The molecule has 0 unspecified atom stereocenters. The van der Waals surface area contributed by atoms with Gasteiger partial charge in [0.25, 0.3) is 0 Å². The molecule has 0 radical (unpaired) electrons. The van der Waals surface area contributed by atoms with Crippen LogP contribution in [0, 0.1) is 11.8 Å². The van der Waals surface area contributed by atoms with Crippen molar-refractivity contribution in [1.82, 2.24) is 9.80 Å². The van der Waals surface area contributed by atoms with Crippen LogP contribution >= 0.6 is 0 Å². The summed E-state index contributed by atoms with van der Waals surface area (Å²) in [5.74, 6) is 0.388. The van der Waals surface area contributed by atoms with E-state index in [0.29, 0.717) is 45.6 Å². The Morgan fingerprint density at radius 1 is 1.04 bits per heavy atom. The van der Waals surface area contributed by atoms with Gasteiger partial charge in [0.2, 0.25) is 5.91 Å². The minimum atomic E-state index is -0.462. The summed E-state index contributed by atoms with van der Waals surface area (Å²) >= 11 is 0. The van der Waals surface area contributed by atoms with Crippen molar-refractivity contribution in [1.29, 1.82) is 0 Å². The van der Waals surface area contributed by atoms with Crippen LogP contribution in [-0.2, 0) is 9.53 Å². The zero-order chi connectivity index (χ0) is 19.2. The molecule has 0 aliphatic carbocycles. The summed E-state index contributed by atoms with van der Waals surface area (Å²) in [5.41, 5.74) is 0.952. The van der Waals surface area contributed by atoms with Crippen molar-refractivity contribution in [3.63, 3.8) is 0 Å². The molecule has 1 N–H and O–H groups in total. The number of ether oxygens (including phenoxy) is 1. The first-order valence-corrected chi connectivity index (χ1v) is 10.0. The number of nitrogens with zero attached hydrogens (tertiary/aromatic N) is 2. The summed E-state index contributed by atoms with van der Waals surface area (Å²) in [6.45, 7) is 4.74. The van der Waals surface area contributed by atoms with Crippen molar-refractivity contribution in [2.24, 2.45) is 11.8 Å². The van der Waals surface area contributed by atoms with E-state index in [2.05, 4.69) is 0 Å². The van der Waals surface area contributed by atoms with E-state index in [0.717, 1.165) is 18.4 Å². The molecule has 148 valence electrons. The van der Waals surface area contributed by atoms with Gasteiger partial charge in [-0.2, -0.15) is 0 Å². The Bertz CT molecular complexity index is 620. The monoisotopic (exact) mass is 374 g/mol. The average molecular weight is 374 g/mol. The standard InChI is InChI=1S/C21H30N2O4/c1-2-27-21(26)23-14-10-18(11-15-23)20(25)22-12-8-17(9-13-22)19(24)16-6-4-3-5-7-16/h3-7,17-19,24H,2,8-15H2,1H3/t19-/m1/s1. The number of benzene rings is 1. The molecule has 3 rings (SSSR count). The zero-order valence-electron chi connectivity index (χ0n) is 16.0. The van der Waals surface area contributed by atoms with Gasteiger partial charge in [-0.05, 0) is 44.1 Å². The Morgan fingerprint density at radius 3 is 2.22 bits per heavy atom. The van der Waals surface area contributed by atoms with E-state index < -0.39 is 6.10 Å². The third-order valence-corrected chi connectivity index (χ3v) is 5.81. The summed E-state index contributed by atoms with van der Waals surface area (Å²) in [6, 6.07) is 9.75. The normalized spacial score (nSPS) is 20.4. The minimum absolute atomic E-state index is 0.00808. The highest BCUT2D eigenvalue weighted by molar-refractivity contribution is 5.79. The van der Waals surface area contributed by atoms with Gasteiger partial charge in [-0.25, -0.2) is 4.79 Å². The second-order valence-corrected chi connectivity index (χ2v) is 7.48. The highest BCUT2D eigenvalue weighted by atomic mass is 16.6. The molecule has 6 heteroatoms. The van der Waals surface area contributed by atoms with Crippen LogP contribution in [0.5, 0.6) is 0 Å². The quantitative estimate of drug-likeness (QED) is 0.880. The van der Waals surface area contributed by atoms with Crippen molar-refractivity contribution < 1.29 is 19.4 Å². The lowest BCUT2D eigenvalue weighted by Crippen LogP contribution is -2.47. The summed E-state index contributed by atoms with van der Waals surface area (Å²) in [6.07, 6.45) is 2.30. The molecule has 27 heavy (non-hydrogen) atoms. The van der Waals surface area contributed by atoms with Gasteiger partial charge in [0.1, 0.15) is 0 Å². The van der Waals surface area contributed by atoms with Gasteiger partial charge >= 0.3 is 6.09 Å². The lowest BCUT2D eigenvalue weighted by molar-refractivity contribution is -0.139. The SMILES string of the molecule is CCOC(=O)N1CCC(C(=O)N2CCC([C@H](O)c3ccccc3)CC2)CC1. The molecule has 2 aliphatic rings. The Balaban J connectivity index is 1.46. The molecule has 6 nitrogen and oxygen atoms in total. The van der Waals surface area contributed by atoms with Gasteiger partial charge in [0.15, 0.2) is 0 Å². The van der Waals surface area contributed by atoms with Crippen LogP contribution in [0.4, 0.5) is 4.79 Å². The van der Waals surface area contributed by atoms with Gasteiger partial charge in [-0.1, -0.05) is 30.3 Å². The molecule has 2 fully saturated rings. The van der Waals surface area contributed by atoms with E-state index in [1.807, 2.05) is 35.2 Å². The summed E-state index contributed by atoms with van der Waals surface area (Å²) in [5, 5.41) is 10.6. The third-order valence-electron chi connectivity index (χ3n) is 5.81. The molecule has 0 saturated carbocycles. The molecular formula is C21H30N2O4. The van der Waals surface area contributed by atoms with E-state index in [1.54, 1.807) is 11.8 Å². The number of carbonyl (C=O) groups is 2. The van der Waals surface area contributed by atoms with Gasteiger partial charge in [0.05, 0.1) is 12.7 Å². The van der Waals surface area contributed by atoms with Crippen LogP contribution in [0.2, 0.25) is 0 Å². The summed E-state index contributed by atoms with van der Waals surface area (Å²) < 4.78 is 5.03. The maximum absolute atomic E-state index is 12.8. The number of carbonyl (C=O) groups excluding carboxylic acids is 2. The maximum Gasteiger partial charge on any atom is 0.409 e. The van der Waals surface area contributed by atoms with E-state index in [-0.39, 0.29) is 23.8 Å². The first-order valence-electron chi connectivity index (χ1n) is 10.0. The third kappa shape index (κ3) is 4.80. The molecule has 2 aliphatic heterocycles. The van der Waals surface area contributed by atoms with E-state index in [1.165, 1.54) is 0 Å². The van der Waals surface area contributed by atoms with Crippen molar-refractivity contribution in [2.45, 2.75) is 38.7 Å². The molecule has 1 atom stereocenters. The van der Waals surface area contributed by atoms with E-state index in [4.69, 9.17) is 4.74 Å². The number of likely N-dealkylation sites (tertiary alicyclic amines) is 2. The first-order chi connectivity index (χ1) is 13.1. The molecule has 2 saturated heterocycles. The number of piperidine rings is 2. The topological polar surface area (TPSA) is 70.1 Å². The van der Waals surface area contributed by atoms with Gasteiger partial charge in [-0.15, -0.1) is 0 Å². The predicted octanol–water partition coefficient (Wildman–Crippen LogP) is 2.83. The van der Waals surface area contributed by atoms with Crippen molar-refractivity contribution in [3.05, 3.63) is 35.9 Å². The number of hydrogen-bond acceptors (Lipinski definition) is 4. The maximum atomic E-state index is 12.8. The first kappa shape index (κ1) is 19.7. The van der Waals surface area contributed by atoms with Crippen LogP contribution in [0.25, 0.3) is 0 Å². The van der Waals surface area contributed by atoms with E-state index >= 15 is 0 Å². The largest absolute Gasteiger partial charge is 0.450 e. The fraction of sp³-hybridized carbons (Fsp3) is 0.619. The molecular weight excluding hydrogens is 344 g/mol. The highest BCUT2D eigenvalue weighted by Crippen LogP contribution is 2.31. The number of aliphatic hydroxyl groups excluding tert-OH is 1. The molecule has 2 heterocycles. The molecule has 1 aromatic rings. The van der Waals surface area contributed by atoms with Crippen molar-refractivity contribution >= 4 is 12.0 Å². The van der Waals surface area contributed by atoms with Crippen molar-refractivity contribution in [3.8, 4) is 0 Å². The average Bonchev–Trinajstić information content (AvgIpc) is 2.74. The van der Waals surface area contributed by atoms with Crippen LogP contribution in [-0.4, -0.2) is 59.7 Å². The summed E-state index contributed by atoms with van der Waals surface area (Å²) in [4.78, 5) is 28.2. The molecule has 0 spiro atoms. The Hall–Kier alpha value is -2.08. The Kier molecular flexibility index (Phi) is 6.72. The minimum Gasteiger partial charge on any atom is -0.450 e. The molecule has 0 bridgehead atoms. The van der Waals surface area contributed by atoms with E-state index in [9.17, 15) is 14.7 Å². The van der Waals surface area contributed by atoms with Crippen LogP contribution in [0.3, 0.4) is 0 Å². The molecule has 2 amide bonds. The fourth-order valence-corrected chi connectivity index (χ4v) is 4.14. The zero-order valence-corrected chi connectivity index (χ0v) is 16.0. The lowest BCUT2D eigenvalue weighted by Gasteiger charge is -2.38. The highest BCUT2D eigenvalue weighted by Gasteiger charge is 2.33. The second-order valence-electron chi connectivity index (χ2n) is 7.48. The smallest absolute Gasteiger partial charge is 0.409 e. The van der Waals surface area contributed by atoms with Crippen LogP contribution < -0.4 is 0 Å². The lowest BCUT2D eigenvalue weighted by atomic mass is 9.86.